The Hall–Kier alpha value is -0.160. The highest BCUT2D eigenvalue weighted by Gasteiger charge is 2.55. The molecule has 4 fully saturated rings. The molecule has 0 aromatic carbocycles. The molecule has 0 spiro atoms. The van der Waals surface area contributed by atoms with E-state index in [9.17, 15) is 0 Å². The van der Waals surface area contributed by atoms with Gasteiger partial charge in [-0.05, 0) is 57.8 Å². The maximum absolute atomic E-state index is 6.79. The largest absolute Gasteiger partial charge is 0.339 e. The van der Waals surface area contributed by atoms with E-state index in [2.05, 4.69) is 16.7 Å². The molecular weight excluding hydrogens is 444 g/mol. The van der Waals surface area contributed by atoms with Crippen LogP contribution in [0.3, 0.4) is 0 Å². The topological polar surface area (TPSA) is 24.9 Å². The van der Waals surface area contributed by atoms with Gasteiger partial charge in [0.2, 0.25) is 5.91 Å². The lowest BCUT2D eigenvalue weighted by Crippen LogP contribution is -2.70. The van der Waals surface area contributed by atoms with E-state index in [1.54, 1.807) is 0 Å². The van der Waals surface area contributed by atoms with Gasteiger partial charge in [-0.2, -0.15) is 0 Å². The molecule has 1 unspecified atom stereocenters. The van der Waals surface area contributed by atoms with E-state index in [0.29, 0.717) is 18.1 Å². The first-order valence-corrected chi connectivity index (χ1v) is 16.4. The molecule has 4 aliphatic rings. The minimum absolute atomic E-state index is 0.339. The lowest BCUT2D eigenvalue weighted by molar-refractivity contribution is -0.347. The number of hydrogen-bond acceptors (Lipinski definition) is 4. The zero-order valence-corrected chi connectivity index (χ0v) is 24.4. The van der Waals surface area contributed by atoms with Crippen LogP contribution in [0.2, 0.25) is 0 Å². The van der Waals surface area contributed by atoms with E-state index >= 15 is 0 Å². The average Bonchev–Trinajstić information content (AvgIpc) is 3.73. The second kappa shape index (κ2) is 14.8. The van der Waals surface area contributed by atoms with E-state index in [1.165, 1.54) is 148 Å². The molecule has 0 saturated heterocycles. The summed E-state index contributed by atoms with van der Waals surface area (Å²) in [5.74, 6) is -0.612. The van der Waals surface area contributed by atoms with Crippen molar-refractivity contribution in [2.75, 3.05) is 14.2 Å². The van der Waals surface area contributed by atoms with Crippen LogP contribution in [-0.4, -0.2) is 60.1 Å². The van der Waals surface area contributed by atoms with Crippen LogP contribution in [0.15, 0.2) is 0 Å². The Balaban J connectivity index is 1.66. The maximum atomic E-state index is 6.79. The van der Waals surface area contributed by atoms with E-state index in [1.807, 2.05) is 14.2 Å². The number of hydrogen-bond donors (Lipinski definition) is 0. The van der Waals surface area contributed by atoms with Gasteiger partial charge in [0.1, 0.15) is 0 Å². The van der Waals surface area contributed by atoms with Gasteiger partial charge in [0.25, 0.3) is 0 Å². The lowest BCUT2D eigenvalue weighted by atomic mass is 9.93. The molecule has 36 heavy (non-hydrogen) atoms. The van der Waals surface area contributed by atoms with Crippen molar-refractivity contribution in [3.8, 4) is 0 Å². The fourth-order valence-corrected chi connectivity index (χ4v) is 8.76. The quantitative estimate of drug-likeness (QED) is 0.155. The van der Waals surface area contributed by atoms with Gasteiger partial charge < -0.3 is 9.47 Å². The van der Waals surface area contributed by atoms with Gasteiger partial charge in [0.05, 0.1) is 6.04 Å². The summed E-state index contributed by atoms with van der Waals surface area (Å²) in [6.45, 7) is 2.32. The molecule has 0 aromatic heterocycles. The Morgan fingerprint density at radius 2 is 0.972 bits per heavy atom. The van der Waals surface area contributed by atoms with Gasteiger partial charge in [-0.1, -0.05) is 96.8 Å². The number of ether oxygens (including phenoxy) is 2. The van der Waals surface area contributed by atoms with Crippen LogP contribution in [0.1, 0.15) is 155 Å². The molecule has 0 N–H and O–H groups in total. The zero-order valence-electron chi connectivity index (χ0n) is 24.4. The molecule has 4 nitrogen and oxygen atoms in total. The highest BCUT2D eigenvalue weighted by atomic mass is 16.7. The molecule has 4 rings (SSSR count). The zero-order chi connectivity index (χ0) is 25.2. The third-order valence-corrected chi connectivity index (χ3v) is 10.5. The summed E-state index contributed by atoms with van der Waals surface area (Å²) in [5.41, 5.74) is 0. The Bertz CT molecular complexity index is 553. The average molecular weight is 505 g/mol. The van der Waals surface area contributed by atoms with Crippen LogP contribution in [0, 0.1) is 0 Å². The van der Waals surface area contributed by atoms with Crippen LogP contribution in [0.25, 0.3) is 0 Å². The maximum Gasteiger partial charge on any atom is 0.246 e. The molecule has 1 atom stereocenters. The second-order valence-electron chi connectivity index (χ2n) is 12.7. The number of rotatable bonds is 16. The van der Waals surface area contributed by atoms with Crippen LogP contribution in [0.4, 0.5) is 0 Å². The minimum atomic E-state index is -0.612. The van der Waals surface area contributed by atoms with Gasteiger partial charge in [-0.15, -0.1) is 0 Å². The third kappa shape index (κ3) is 6.69. The van der Waals surface area contributed by atoms with Gasteiger partial charge in [-0.3, -0.25) is 4.90 Å². The van der Waals surface area contributed by atoms with Crippen LogP contribution < -0.4 is 0 Å². The van der Waals surface area contributed by atoms with E-state index < -0.39 is 5.91 Å². The van der Waals surface area contributed by atoms with Crippen molar-refractivity contribution >= 4 is 0 Å². The summed E-state index contributed by atoms with van der Waals surface area (Å²) in [6, 6.07) is 3.02. The summed E-state index contributed by atoms with van der Waals surface area (Å²) in [6.07, 6.45) is 31.2. The fourth-order valence-electron chi connectivity index (χ4n) is 8.76. The van der Waals surface area contributed by atoms with E-state index in [4.69, 9.17) is 9.47 Å². The Labute approximate surface area is 224 Å². The van der Waals surface area contributed by atoms with Crippen LogP contribution in [-0.2, 0) is 9.47 Å². The van der Waals surface area contributed by atoms with E-state index in [-0.39, 0.29) is 0 Å². The highest BCUT2D eigenvalue weighted by molar-refractivity contribution is 5.01. The molecule has 0 amide bonds. The van der Waals surface area contributed by atoms with Gasteiger partial charge in [-0.25, -0.2) is 4.90 Å². The van der Waals surface area contributed by atoms with Crippen molar-refractivity contribution < 1.29 is 9.47 Å². The SMILES string of the molecule is CCCCCCCCC(N(C1CCCC1)C1CCCC1)C(OC)(OC)N(C1CCCC1)C1CCCC1. The molecule has 210 valence electrons. The van der Waals surface area contributed by atoms with Crippen molar-refractivity contribution in [2.24, 2.45) is 0 Å². The molecular formula is C32H60N2O2. The molecule has 4 aliphatic carbocycles. The molecule has 0 heterocycles. The predicted octanol–water partition coefficient (Wildman–Crippen LogP) is 8.43. The fraction of sp³-hybridized carbons (Fsp3) is 1.00. The van der Waals surface area contributed by atoms with Gasteiger partial charge >= 0.3 is 0 Å². The van der Waals surface area contributed by atoms with Crippen molar-refractivity contribution in [2.45, 2.75) is 191 Å². The summed E-state index contributed by atoms with van der Waals surface area (Å²) in [5, 5.41) is 0. The predicted molar refractivity (Wildman–Crippen MR) is 151 cm³/mol. The summed E-state index contributed by atoms with van der Waals surface area (Å²) >= 11 is 0. The smallest absolute Gasteiger partial charge is 0.246 e. The molecule has 0 radical (unpaired) electrons. The summed E-state index contributed by atoms with van der Waals surface area (Å²) in [7, 11) is 3.96. The summed E-state index contributed by atoms with van der Waals surface area (Å²) < 4.78 is 13.6. The number of nitrogens with zero attached hydrogens (tertiary/aromatic N) is 2. The van der Waals surface area contributed by atoms with Crippen LogP contribution >= 0.6 is 0 Å². The van der Waals surface area contributed by atoms with Crippen molar-refractivity contribution in [1.29, 1.82) is 0 Å². The summed E-state index contributed by atoms with van der Waals surface area (Å²) in [4.78, 5) is 5.89. The molecule has 4 saturated carbocycles. The van der Waals surface area contributed by atoms with Crippen molar-refractivity contribution in [3.63, 3.8) is 0 Å². The molecule has 0 aromatic rings. The van der Waals surface area contributed by atoms with Crippen molar-refractivity contribution in [3.05, 3.63) is 0 Å². The highest BCUT2D eigenvalue weighted by Crippen LogP contribution is 2.45. The van der Waals surface area contributed by atoms with E-state index in [0.717, 1.165) is 12.1 Å². The monoisotopic (exact) mass is 504 g/mol. The Kier molecular flexibility index (Phi) is 11.9. The normalized spacial score (nSPS) is 24.2. The number of methoxy groups -OCH3 is 2. The molecule has 0 bridgehead atoms. The second-order valence-corrected chi connectivity index (χ2v) is 12.7. The Morgan fingerprint density at radius 3 is 1.39 bits per heavy atom. The number of unbranched alkanes of at least 4 members (excludes halogenated alkanes) is 5. The van der Waals surface area contributed by atoms with Crippen molar-refractivity contribution in [1.82, 2.24) is 9.80 Å². The lowest BCUT2D eigenvalue weighted by Gasteiger charge is -2.56. The Morgan fingerprint density at radius 1 is 0.583 bits per heavy atom. The minimum Gasteiger partial charge on any atom is -0.339 e. The molecule has 0 aliphatic heterocycles. The van der Waals surface area contributed by atoms with Gasteiger partial charge in [0, 0.05) is 38.4 Å². The van der Waals surface area contributed by atoms with Crippen LogP contribution in [0.5, 0.6) is 0 Å². The first kappa shape index (κ1) is 28.8. The molecule has 4 heteroatoms. The standard InChI is InChI=1S/C32H60N2O2/c1-4-5-6-7-8-9-26-31(33(27-18-10-11-19-27)28-20-12-13-21-28)32(35-2,36-3)34(29-22-14-15-23-29)30-24-16-17-25-30/h27-31H,4-26H2,1-3H3. The third-order valence-electron chi connectivity index (χ3n) is 10.5. The van der Waals surface area contributed by atoms with Gasteiger partial charge in [0.15, 0.2) is 0 Å². The first-order chi connectivity index (χ1) is 17.7. The first-order valence-electron chi connectivity index (χ1n) is 16.4.